The highest BCUT2D eigenvalue weighted by Gasteiger charge is 2.26. The largest absolute Gasteiger partial charge is 0.369 e. The van der Waals surface area contributed by atoms with Crippen molar-refractivity contribution >= 4 is 38.6 Å². The lowest BCUT2D eigenvalue weighted by Crippen LogP contribution is -2.44. The first-order chi connectivity index (χ1) is 11.0. The van der Waals surface area contributed by atoms with Crippen molar-refractivity contribution in [3.05, 3.63) is 39.1 Å². The minimum absolute atomic E-state index is 0.109. The van der Waals surface area contributed by atoms with Crippen LogP contribution in [-0.4, -0.2) is 37.7 Å². The lowest BCUT2D eigenvalue weighted by Gasteiger charge is -2.33. The van der Waals surface area contributed by atoms with Crippen LogP contribution in [0.25, 0.3) is 0 Å². The number of rotatable bonds is 4. The van der Waals surface area contributed by atoms with Crippen molar-refractivity contribution in [2.75, 3.05) is 18.0 Å². The van der Waals surface area contributed by atoms with E-state index in [-0.39, 0.29) is 11.1 Å². The molecule has 1 fully saturated rings. The number of hydrogen-bond acceptors (Lipinski definition) is 6. The molecule has 3 heterocycles. The smallest absolute Gasteiger partial charge is 0.285 e. The minimum atomic E-state index is -3.46. The second kappa shape index (κ2) is 6.60. The normalized spacial score (nSPS) is 16.7. The predicted molar refractivity (Wildman–Crippen MR) is 89.7 cm³/mol. The summed E-state index contributed by atoms with van der Waals surface area (Å²) in [5.41, 5.74) is 0.152. The highest BCUT2D eigenvalue weighted by atomic mass is 35.5. The number of aromatic amines is 1. The molecule has 3 rings (SSSR count). The van der Waals surface area contributed by atoms with Crippen molar-refractivity contribution in [3.63, 3.8) is 0 Å². The molecule has 23 heavy (non-hydrogen) atoms. The van der Waals surface area contributed by atoms with E-state index in [0.717, 1.165) is 0 Å². The first-order valence-corrected chi connectivity index (χ1v) is 9.75. The summed E-state index contributed by atoms with van der Waals surface area (Å²) in [5.74, 6) is 0. The Morgan fingerprint density at radius 3 is 2.78 bits per heavy atom. The summed E-state index contributed by atoms with van der Waals surface area (Å²) in [6.07, 6.45) is 2.78. The van der Waals surface area contributed by atoms with E-state index in [4.69, 9.17) is 11.6 Å². The third-order valence-electron chi connectivity index (χ3n) is 3.69. The van der Waals surface area contributed by atoms with Gasteiger partial charge >= 0.3 is 0 Å². The van der Waals surface area contributed by atoms with Gasteiger partial charge in [-0.05, 0) is 24.3 Å². The van der Waals surface area contributed by atoms with Gasteiger partial charge in [0.05, 0.1) is 11.9 Å². The Labute approximate surface area is 142 Å². The molecule has 124 valence electrons. The second-order valence-electron chi connectivity index (χ2n) is 5.21. The van der Waals surface area contributed by atoms with Gasteiger partial charge in [-0.1, -0.05) is 17.7 Å². The van der Waals surface area contributed by atoms with E-state index in [9.17, 15) is 13.2 Å². The van der Waals surface area contributed by atoms with Gasteiger partial charge in [-0.15, -0.1) is 11.3 Å². The summed E-state index contributed by atoms with van der Waals surface area (Å²) in [6.45, 7) is 1.20. The molecule has 0 amide bonds. The van der Waals surface area contributed by atoms with Crippen LogP contribution >= 0.6 is 22.9 Å². The summed E-state index contributed by atoms with van der Waals surface area (Å²) in [4.78, 5) is 13.4. The van der Waals surface area contributed by atoms with Crippen LogP contribution in [0.3, 0.4) is 0 Å². The Bertz CT molecular complexity index is 827. The quantitative estimate of drug-likeness (QED) is 0.844. The highest BCUT2D eigenvalue weighted by Crippen LogP contribution is 2.25. The van der Waals surface area contributed by atoms with Crippen molar-refractivity contribution in [3.8, 4) is 0 Å². The number of anilines is 1. The predicted octanol–water partition coefficient (Wildman–Crippen LogP) is 1.43. The number of nitrogens with one attached hydrogen (secondary N) is 2. The van der Waals surface area contributed by atoms with Gasteiger partial charge in [-0.3, -0.25) is 4.79 Å². The zero-order chi connectivity index (χ0) is 16.4. The molecular weight excluding hydrogens is 360 g/mol. The minimum Gasteiger partial charge on any atom is -0.369 e. The van der Waals surface area contributed by atoms with E-state index >= 15 is 0 Å². The second-order valence-corrected chi connectivity index (χ2v) is 8.48. The zero-order valence-corrected chi connectivity index (χ0v) is 14.4. The maximum Gasteiger partial charge on any atom is 0.285 e. The summed E-state index contributed by atoms with van der Waals surface area (Å²) in [7, 11) is -3.46. The fourth-order valence-electron chi connectivity index (χ4n) is 2.53. The molecule has 0 radical (unpaired) electrons. The highest BCUT2D eigenvalue weighted by molar-refractivity contribution is 7.91. The van der Waals surface area contributed by atoms with Gasteiger partial charge in [-0.25, -0.2) is 18.2 Å². The van der Waals surface area contributed by atoms with E-state index in [1.54, 1.807) is 17.5 Å². The van der Waals surface area contributed by atoms with Gasteiger partial charge in [0, 0.05) is 19.1 Å². The van der Waals surface area contributed by atoms with Crippen LogP contribution in [-0.2, 0) is 10.0 Å². The van der Waals surface area contributed by atoms with E-state index in [1.165, 1.54) is 17.5 Å². The first kappa shape index (κ1) is 16.4. The summed E-state index contributed by atoms with van der Waals surface area (Å²) < 4.78 is 27.5. The molecule has 0 aliphatic carbocycles. The molecule has 0 bridgehead atoms. The van der Waals surface area contributed by atoms with Gasteiger partial charge < -0.3 is 4.90 Å². The average molecular weight is 375 g/mol. The van der Waals surface area contributed by atoms with Crippen LogP contribution in [0.2, 0.25) is 5.02 Å². The topological polar surface area (TPSA) is 95.2 Å². The van der Waals surface area contributed by atoms with Crippen LogP contribution < -0.4 is 15.2 Å². The van der Waals surface area contributed by atoms with E-state index in [2.05, 4.69) is 14.9 Å². The molecule has 0 spiro atoms. The molecule has 2 N–H and O–H groups in total. The standard InChI is InChI=1S/C13H15ClN4O3S2/c14-12-10(8-15-16-13(12)19)18-5-3-9(4-6-18)17-23(20,21)11-2-1-7-22-11/h1-2,7-9,17H,3-6H2,(H,16,19). The van der Waals surface area contributed by atoms with Gasteiger partial charge in [0.2, 0.25) is 10.0 Å². The molecule has 2 aromatic rings. The van der Waals surface area contributed by atoms with Gasteiger partial charge in [0.1, 0.15) is 9.23 Å². The number of aromatic nitrogens is 2. The van der Waals surface area contributed by atoms with Crippen molar-refractivity contribution < 1.29 is 8.42 Å². The number of hydrogen-bond donors (Lipinski definition) is 2. The summed E-state index contributed by atoms with van der Waals surface area (Å²) in [6, 6.07) is 3.17. The fourth-order valence-corrected chi connectivity index (χ4v) is 5.05. The van der Waals surface area contributed by atoms with Crippen molar-refractivity contribution in [1.82, 2.24) is 14.9 Å². The van der Waals surface area contributed by atoms with E-state index < -0.39 is 15.6 Å². The van der Waals surface area contributed by atoms with E-state index in [1.807, 2.05) is 4.90 Å². The molecule has 0 unspecified atom stereocenters. The SMILES string of the molecule is O=c1[nH]ncc(N2CCC(NS(=O)(=O)c3cccs3)CC2)c1Cl. The average Bonchev–Trinajstić information content (AvgIpc) is 3.06. The number of nitrogens with zero attached hydrogens (tertiary/aromatic N) is 2. The fraction of sp³-hybridized carbons (Fsp3) is 0.385. The Morgan fingerprint density at radius 2 is 2.13 bits per heavy atom. The maximum absolute atomic E-state index is 12.2. The number of piperidine rings is 1. The molecule has 1 saturated heterocycles. The van der Waals surface area contributed by atoms with Gasteiger partial charge in [0.25, 0.3) is 5.56 Å². The Balaban J connectivity index is 1.65. The van der Waals surface area contributed by atoms with Crippen molar-refractivity contribution in [1.29, 1.82) is 0 Å². The molecule has 0 aromatic carbocycles. The summed E-state index contributed by atoms with van der Waals surface area (Å²) >= 11 is 7.20. The molecule has 2 aromatic heterocycles. The molecule has 0 atom stereocenters. The third-order valence-corrected chi connectivity index (χ3v) is 6.98. The molecule has 1 aliphatic heterocycles. The van der Waals surface area contributed by atoms with Crippen LogP contribution in [0.4, 0.5) is 5.69 Å². The molecule has 7 nitrogen and oxygen atoms in total. The van der Waals surface area contributed by atoms with Crippen LogP contribution in [0.5, 0.6) is 0 Å². The maximum atomic E-state index is 12.2. The number of H-pyrrole nitrogens is 1. The third kappa shape index (κ3) is 3.57. The van der Waals surface area contributed by atoms with Crippen LogP contribution in [0.15, 0.2) is 32.7 Å². The number of thiophene rings is 1. The van der Waals surface area contributed by atoms with Crippen LogP contribution in [0.1, 0.15) is 12.8 Å². The monoisotopic (exact) mass is 374 g/mol. The Kier molecular flexibility index (Phi) is 4.72. The molecule has 1 aliphatic rings. The Hall–Kier alpha value is -1.42. The van der Waals surface area contributed by atoms with Gasteiger partial charge in [-0.2, -0.15) is 5.10 Å². The van der Waals surface area contributed by atoms with Crippen LogP contribution in [0, 0.1) is 0 Å². The van der Waals surface area contributed by atoms with Crippen molar-refractivity contribution in [2.24, 2.45) is 0 Å². The number of halogens is 1. The summed E-state index contributed by atoms with van der Waals surface area (Å²) in [5, 5.41) is 7.88. The zero-order valence-electron chi connectivity index (χ0n) is 12.0. The molecule has 10 heteroatoms. The lowest BCUT2D eigenvalue weighted by molar-refractivity contribution is 0.460. The van der Waals surface area contributed by atoms with Crippen molar-refractivity contribution in [2.45, 2.75) is 23.1 Å². The molecular formula is C13H15ClN4O3S2. The van der Waals surface area contributed by atoms with Gasteiger partial charge in [0.15, 0.2) is 0 Å². The first-order valence-electron chi connectivity index (χ1n) is 7.01. The molecule has 0 saturated carbocycles. The Morgan fingerprint density at radius 1 is 1.39 bits per heavy atom. The van der Waals surface area contributed by atoms with E-state index in [0.29, 0.717) is 35.8 Å². The lowest BCUT2D eigenvalue weighted by atomic mass is 10.1. The number of sulfonamides is 1.